The molecule has 0 aliphatic rings. The summed E-state index contributed by atoms with van der Waals surface area (Å²) in [5.41, 5.74) is 7.81. The summed E-state index contributed by atoms with van der Waals surface area (Å²) in [7, 11) is 0. The van der Waals surface area contributed by atoms with Crippen LogP contribution in [-0.2, 0) is 0 Å². The highest BCUT2D eigenvalue weighted by atomic mass is 16.3. The van der Waals surface area contributed by atoms with E-state index in [1.807, 2.05) is 18.2 Å². The van der Waals surface area contributed by atoms with E-state index in [0.29, 0.717) is 17.6 Å². The van der Waals surface area contributed by atoms with Crippen LogP contribution in [0.2, 0.25) is 0 Å². The Morgan fingerprint density at radius 1 is 0.357 bits per heavy atom. The van der Waals surface area contributed by atoms with Gasteiger partial charge in [-0.3, -0.25) is 4.57 Å². The Morgan fingerprint density at radius 3 is 1.89 bits per heavy atom. The van der Waals surface area contributed by atoms with Crippen LogP contribution in [0.15, 0.2) is 186 Å². The molecule has 0 saturated carbocycles. The Kier molecular flexibility index (Phi) is 6.56. The fraction of sp³-hybridized carbons (Fsp3) is 0. The molecule has 12 aromatic rings. The molecule has 12 rings (SSSR count). The van der Waals surface area contributed by atoms with E-state index in [-0.39, 0.29) is 0 Å². The largest absolute Gasteiger partial charge is 0.456 e. The summed E-state index contributed by atoms with van der Waals surface area (Å²) >= 11 is 0. The van der Waals surface area contributed by atoms with E-state index in [1.54, 1.807) is 0 Å². The number of benzene rings is 9. The molecular formula is C51H30N4O. The molecule has 3 heterocycles. The molecular weight excluding hydrogens is 685 g/mol. The molecule has 3 aromatic heterocycles. The molecule has 0 atom stereocenters. The molecule has 0 unspecified atom stereocenters. The molecule has 0 amide bonds. The summed E-state index contributed by atoms with van der Waals surface area (Å²) in [6.07, 6.45) is 0. The second-order valence-corrected chi connectivity index (χ2v) is 14.4. The molecule has 0 aliphatic heterocycles. The zero-order valence-corrected chi connectivity index (χ0v) is 30.0. The molecule has 56 heavy (non-hydrogen) atoms. The van der Waals surface area contributed by atoms with Gasteiger partial charge in [-0.05, 0) is 79.8 Å². The summed E-state index contributed by atoms with van der Waals surface area (Å²) in [6, 6.07) is 63.9. The van der Waals surface area contributed by atoms with Crippen LogP contribution in [0.4, 0.5) is 0 Å². The Balaban J connectivity index is 1.19. The van der Waals surface area contributed by atoms with Gasteiger partial charge in [-0.25, -0.2) is 4.98 Å². The molecule has 9 aromatic carbocycles. The van der Waals surface area contributed by atoms with E-state index >= 15 is 0 Å². The van der Waals surface area contributed by atoms with Gasteiger partial charge in [0.2, 0.25) is 5.95 Å². The summed E-state index contributed by atoms with van der Waals surface area (Å²) in [4.78, 5) is 16.2. The number of fused-ring (bicyclic) bond motifs is 10. The summed E-state index contributed by atoms with van der Waals surface area (Å²) in [5.74, 6) is 1.73. The lowest BCUT2D eigenvalue weighted by Gasteiger charge is -2.13. The molecule has 0 radical (unpaired) electrons. The van der Waals surface area contributed by atoms with Crippen LogP contribution >= 0.6 is 0 Å². The van der Waals surface area contributed by atoms with Crippen molar-refractivity contribution in [3.8, 4) is 39.9 Å². The van der Waals surface area contributed by atoms with Crippen LogP contribution in [0.5, 0.6) is 0 Å². The molecule has 0 saturated heterocycles. The van der Waals surface area contributed by atoms with Crippen molar-refractivity contribution in [2.24, 2.45) is 0 Å². The minimum Gasteiger partial charge on any atom is -0.456 e. The smallest absolute Gasteiger partial charge is 0.238 e. The molecule has 0 N–H and O–H groups in total. The minimum atomic E-state index is 0.554. The van der Waals surface area contributed by atoms with Crippen molar-refractivity contribution in [3.63, 3.8) is 0 Å². The lowest BCUT2D eigenvalue weighted by molar-refractivity contribution is 0.669. The first-order chi connectivity index (χ1) is 27.7. The Bertz CT molecular complexity index is 3540. The van der Waals surface area contributed by atoms with E-state index in [1.165, 1.54) is 16.2 Å². The van der Waals surface area contributed by atoms with Gasteiger partial charge in [0.25, 0.3) is 0 Å². The van der Waals surface area contributed by atoms with Gasteiger partial charge in [-0.1, -0.05) is 146 Å². The molecule has 0 bridgehead atoms. The highest BCUT2D eigenvalue weighted by Crippen LogP contribution is 2.41. The first-order valence-corrected chi connectivity index (χ1v) is 18.9. The van der Waals surface area contributed by atoms with Gasteiger partial charge in [0.05, 0.1) is 11.0 Å². The zero-order chi connectivity index (χ0) is 36.7. The van der Waals surface area contributed by atoms with Crippen LogP contribution in [-0.4, -0.2) is 19.5 Å². The lowest BCUT2D eigenvalue weighted by atomic mass is 9.98. The first-order valence-electron chi connectivity index (χ1n) is 18.9. The summed E-state index contributed by atoms with van der Waals surface area (Å²) < 4.78 is 8.73. The van der Waals surface area contributed by atoms with E-state index in [2.05, 4.69) is 168 Å². The first kappa shape index (κ1) is 30.8. The third-order valence-electron chi connectivity index (χ3n) is 11.2. The number of furan rings is 1. The molecule has 260 valence electrons. The van der Waals surface area contributed by atoms with Gasteiger partial charge < -0.3 is 4.42 Å². The third-order valence-corrected chi connectivity index (χ3v) is 11.2. The quantitative estimate of drug-likeness (QED) is 0.182. The summed E-state index contributed by atoms with van der Waals surface area (Å²) in [5, 5.41) is 11.2. The Morgan fingerprint density at radius 2 is 1.02 bits per heavy atom. The zero-order valence-electron chi connectivity index (χ0n) is 30.0. The second kappa shape index (κ2) is 11.9. The number of aromatic nitrogens is 4. The predicted molar refractivity (Wildman–Crippen MR) is 230 cm³/mol. The van der Waals surface area contributed by atoms with Crippen LogP contribution in [0.1, 0.15) is 0 Å². The fourth-order valence-corrected chi connectivity index (χ4v) is 8.64. The van der Waals surface area contributed by atoms with Gasteiger partial charge in [0.1, 0.15) is 11.2 Å². The maximum atomic E-state index is 6.53. The molecule has 0 spiro atoms. The van der Waals surface area contributed by atoms with Crippen molar-refractivity contribution < 1.29 is 4.42 Å². The van der Waals surface area contributed by atoms with Crippen LogP contribution in [0, 0.1) is 0 Å². The number of hydrogen-bond acceptors (Lipinski definition) is 4. The van der Waals surface area contributed by atoms with Gasteiger partial charge in [-0.2, -0.15) is 9.97 Å². The summed E-state index contributed by atoms with van der Waals surface area (Å²) in [6.45, 7) is 0. The topological polar surface area (TPSA) is 56.7 Å². The van der Waals surface area contributed by atoms with Gasteiger partial charge in [0, 0.05) is 32.7 Å². The highest BCUT2D eigenvalue weighted by Gasteiger charge is 2.22. The van der Waals surface area contributed by atoms with Crippen molar-refractivity contribution in [1.82, 2.24) is 19.5 Å². The number of para-hydroxylation sites is 1. The predicted octanol–water partition coefficient (Wildman–Crippen LogP) is 13.3. The highest BCUT2D eigenvalue weighted by molar-refractivity contribution is 6.21. The maximum absolute atomic E-state index is 6.53. The van der Waals surface area contributed by atoms with Crippen molar-refractivity contribution in [2.45, 2.75) is 0 Å². The number of nitrogens with zero attached hydrogens (tertiary/aromatic N) is 4. The average molecular weight is 715 g/mol. The molecule has 0 aliphatic carbocycles. The van der Waals surface area contributed by atoms with E-state index in [4.69, 9.17) is 19.4 Å². The van der Waals surface area contributed by atoms with Gasteiger partial charge >= 0.3 is 0 Å². The third kappa shape index (κ3) is 4.64. The minimum absolute atomic E-state index is 0.554. The van der Waals surface area contributed by atoms with Crippen LogP contribution in [0.3, 0.4) is 0 Å². The van der Waals surface area contributed by atoms with E-state index in [0.717, 1.165) is 82.2 Å². The molecule has 0 fully saturated rings. The molecule has 5 heteroatoms. The van der Waals surface area contributed by atoms with Crippen molar-refractivity contribution in [1.29, 1.82) is 0 Å². The van der Waals surface area contributed by atoms with Gasteiger partial charge in [0.15, 0.2) is 11.6 Å². The van der Waals surface area contributed by atoms with Crippen molar-refractivity contribution >= 4 is 76.1 Å². The van der Waals surface area contributed by atoms with E-state index < -0.39 is 0 Å². The number of rotatable bonds is 4. The Hall–Kier alpha value is -7.63. The Labute approximate surface area is 320 Å². The van der Waals surface area contributed by atoms with Crippen molar-refractivity contribution in [3.05, 3.63) is 182 Å². The molecule has 5 nitrogen and oxygen atoms in total. The monoisotopic (exact) mass is 714 g/mol. The maximum Gasteiger partial charge on any atom is 0.238 e. The standard InChI is InChI=1S/C51H30N4O/c1-2-12-31(13-3-1)36-25-24-33-17-10-20-38(41(33)28-36)49-52-50(40-21-11-23-45-48(40)42-29-34-15-4-5-16-35(34)30-46(42)56-45)54-51(53-49)55-43-22-9-8-19-39(43)47-37-18-7-6-14-32(37)26-27-44(47)55/h1-30H. The normalized spacial score (nSPS) is 11.9. The fourth-order valence-electron chi connectivity index (χ4n) is 8.64. The van der Waals surface area contributed by atoms with E-state index in [9.17, 15) is 0 Å². The lowest BCUT2D eigenvalue weighted by Crippen LogP contribution is -2.06. The number of hydrogen-bond donors (Lipinski definition) is 0. The second-order valence-electron chi connectivity index (χ2n) is 14.4. The van der Waals surface area contributed by atoms with Crippen LogP contribution in [0.25, 0.3) is 116 Å². The van der Waals surface area contributed by atoms with Crippen LogP contribution < -0.4 is 0 Å². The SMILES string of the molecule is c1ccc(-c2ccc3cccc(-c4nc(-c5cccc6oc7cc8ccccc8cc7c56)nc(-n5c6ccccc6c6c7ccccc7ccc65)n4)c3c2)cc1. The van der Waals surface area contributed by atoms with Gasteiger partial charge in [-0.15, -0.1) is 0 Å². The van der Waals surface area contributed by atoms with Crippen molar-refractivity contribution in [2.75, 3.05) is 0 Å². The average Bonchev–Trinajstić information content (AvgIpc) is 3.81.